The molecule has 0 bridgehead atoms. The fourth-order valence-electron chi connectivity index (χ4n) is 2.86. The van der Waals surface area contributed by atoms with E-state index in [0.29, 0.717) is 17.8 Å². The van der Waals surface area contributed by atoms with Gasteiger partial charge in [-0.05, 0) is 17.0 Å². The lowest BCUT2D eigenvalue weighted by atomic mass is 10.1. The van der Waals surface area contributed by atoms with E-state index in [0.717, 1.165) is 10.4 Å². The topological polar surface area (TPSA) is 69.2 Å². The van der Waals surface area contributed by atoms with Crippen LogP contribution in [0.15, 0.2) is 88.1 Å². The normalized spacial score (nSPS) is 11.2. The Morgan fingerprint density at radius 1 is 1.00 bits per heavy atom. The van der Waals surface area contributed by atoms with Gasteiger partial charge in [0.25, 0.3) is 0 Å². The maximum Gasteiger partial charge on any atom is 0.367 e. The second-order valence-corrected chi connectivity index (χ2v) is 7.40. The first-order valence-corrected chi connectivity index (χ1v) is 9.97. The first-order valence-electron chi connectivity index (χ1n) is 9.09. The SMILES string of the molecule is O=C(Cn1nc(Cc2cccs2)n(N=Cc2ccccc2)c1=O)c1ccccc1. The minimum absolute atomic E-state index is 0.131. The van der Waals surface area contributed by atoms with Gasteiger partial charge in [0, 0.05) is 16.9 Å². The van der Waals surface area contributed by atoms with E-state index in [1.54, 1.807) is 41.8 Å². The molecule has 2 aromatic heterocycles. The number of hydrogen-bond acceptors (Lipinski definition) is 5. The number of nitrogens with zero attached hydrogens (tertiary/aromatic N) is 4. The van der Waals surface area contributed by atoms with Gasteiger partial charge >= 0.3 is 5.69 Å². The highest BCUT2D eigenvalue weighted by Crippen LogP contribution is 2.13. The molecular formula is C22H18N4O2S. The molecule has 0 saturated carbocycles. The van der Waals surface area contributed by atoms with E-state index in [4.69, 9.17) is 0 Å². The number of Topliss-reactive ketones (excluding diaryl/α,β-unsaturated/α-hetero) is 1. The van der Waals surface area contributed by atoms with E-state index in [1.165, 1.54) is 9.36 Å². The zero-order valence-corrected chi connectivity index (χ0v) is 16.3. The first-order chi connectivity index (χ1) is 14.2. The minimum Gasteiger partial charge on any atom is -0.292 e. The summed E-state index contributed by atoms with van der Waals surface area (Å²) >= 11 is 1.58. The third-order valence-corrected chi connectivity index (χ3v) is 5.18. The predicted molar refractivity (Wildman–Crippen MR) is 114 cm³/mol. The van der Waals surface area contributed by atoms with Crippen molar-refractivity contribution < 1.29 is 4.79 Å². The molecular weight excluding hydrogens is 384 g/mol. The van der Waals surface area contributed by atoms with Crippen LogP contribution in [0.25, 0.3) is 0 Å². The quantitative estimate of drug-likeness (QED) is 0.351. The molecule has 6 nitrogen and oxygen atoms in total. The molecule has 0 amide bonds. The molecule has 4 aromatic rings. The maximum absolute atomic E-state index is 12.9. The van der Waals surface area contributed by atoms with Crippen LogP contribution >= 0.6 is 11.3 Å². The van der Waals surface area contributed by atoms with Gasteiger partial charge in [0.15, 0.2) is 11.6 Å². The van der Waals surface area contributed by atoms with E-state index in [2.05, 4.69) is 10.2 Å². The Labute approximate surface area is 171 Å². The van der Waals surface area contributed by atoms with Crippen molar-refractivity contribution in [3.05, 3.63) is 110 Å². The Morgan fingerprint density at radius 3 is 2.41 bits per heavy atom. The summed E-state index contributed by atoms with van der Waals surface area (Å²) in [5.74, 6) is 0.317. The average molecular weight is 402 g/mol. The van der Waals surface area contributed by atoms with E-state index in [1.807, 2.05) is 53.9 Å². The van der Waals surface area contributed by atoms with Crippen molar-refractivity contribution in [2.24, 2.45) is 5.10 Å². The van der Waals surface area contributed by atoms with Crippen LogP contribution in [0.5, 0.6) is 0 Å². The largest absolute Gasteiger partial charge is 0.367 e. The van der Waals surface area contributed by atoms with Crippen molar-refractivity contribution in [3.8, 4) is 0 Å². The standard InChI is InChI=1S/C22H18N4O2S/c27-20(18-10-5-2-6-11-18)16-25-22(28)26(23-15-17-8-3-1-4-9-17)21(24-25)14-19-12-7-13-29-19/h1-13,15H,14,16H2. The van der Waals surface area contributed by atoms with Crippen LogP contribution in [0.2, 0.25) is 0 Å². The Bertz CT molecular complexity index is 1180. The van der Waals surface area contributed by atoms with E-state index in [9.17, 15) is 9.59 Å². The highest BCUT2D eigenvalue weighted by molar-refractivity contribution is 7.09. The number of aromatic nitrogens is 3. The highest BCUT2D eigenvalue weighted by Gasteiger charge is 2.17. The van der Waals surface area contributed by atoms with Crippen LogP contribution in [0.3, 0.4) is 0 Å². The number of rotatable bonds is 7. The molecule has 0 aliphatic carbocycles. The summed E-state index contributed by atoms with van der Waals surface area (Å²) in [5, 5.41) is 10.7. The number of benzene rings is 2. The molecule has 4 rings (SSSR count). The summed E-state index contributed by atoms with van der Waals surface area (Å²) in [5.41, 5.74) is 0.976. The van der Waals surface area contributed by atoms with Crippen molar-refractivity contribution >= 4 is 23.3 Å². The Morgan fingerprint density at radius 2 is 1.72 bits per heavy atom. The molecule has 144 valence electrons. The van der Waals surface area contributed by atoms with Crippen LogP contribution in [-0.2, 0) is 13.0 Å². The van der Waals surface area contributed by atoms with Crippen LogP contribution < -0.4 is 5.69 Å². The second kappa shape index (κ2) is 8.62. The lowest BCUT2D eigenvalue weighted by molar-refractivity contribution is 0.0966. The number of hydrogen-bond donors (Lipinski definition) is 0. The van der Waals surface area contributed by atoms with Crippen molar-refractivity contribution in [2.45, 2.75) is 13.0 Å². The van der Waals surface area contributed by atoms with Gasteiger partial charge in [0.05, 0.1) is 6.21 Å². The van der Waals surface area contributed by atoms with Crippen molar-refractivity contribution in [3.63, 3.8) is 0 Å². The van der Waals surface area contributed by atoms with Crippen molar-refractivity contribution in [1.82, 2.24) is 14.5 Å². The van der Waals surface area contributed by atoms with E-state index >= 15 is 0 Å². The monoisotopic (exact) mass is 402 g/mol. The lowest BCUT2D eigenvalue weighted by Gasteiger charge is -1.99. The summed E-state index contributed by atoms with van der Waals surface area (Å²) in [4.78, 5) is 26.5. The molecule has 0 aliphatic rings. The van der Waals surface area contributed by atoms with Crippen LogP contribution in [0.4, 0.5) is 0 Å². The molecule has 0 saturated heterocycles. The van der Waals surface area contributed by atoms with Gasteiger partial charge in [-0.25, -0.2) is 9.48 Å². The van der Waals surface area contributed by atoms with Gasteiger partial charge in [-0.2, -0.15) is 14.9 Å². The van der Waals surface area contributed by atoms with Gasteiger partial charge in [0.2, 0.25) is 0 Å². The summed E-state index contributed by atoms with van der Waals surface area (Å²) in [7, 11) is 0. The van der Waals surface area contributed by atoms with E-state index < -0.39 is 5.69 Å². The molecule has 0 atom stereocenters. The smallest absolute Gasteiger partial charge is 0.292 e. The number of carbonyl (C=O) groups is 1. The third kappa shape index (κ3) is 4.47. The Balaban J connectivity index is 1.67. The summed E-state index contributed by atoms with van der Waals surface area (Å²) in [6.45, 7) is -0.131. The second-order valence-electron chi connectivity index (χ2n) is 6.37. The zero-order chi connectivity index (χ0) is 20.1. The first kappa shape index (κ1) is 18.8. The molecule has 0 radical (unpaired) electrons. The van der Waals surface area contributed by atoms with Gasteiger partial charge in [-0.1, -0.05) is 66.7 Å². The van der Waals surface area contributed by atoms with Gasteiger partial charge in [-0.15, -0.1) is 11.3 Å². The average Bonchev–Trinajstić information content (AvgIpc) is 3.37. The van der Waals surface area contributed by atoms with Crippen molar-refractivity contribution in [2.75, 3.05) is 0 Å². The fourth-order valence-corrected chi connectivity index (χ4v) is 3.56. The zero-order valence-electron chi connectivity index (χ0n) is 15.5. The Kier molecular flexibility index (Phi) is 5.58. The molecule has 0 unspecified atom stereocenters. The van der Waals surface area contributed by atoms with Crippen molar-refractivity contribution in [1.29, 1.82) is 0 Å². The Hall–Kier alpha value is -3.58. The predicted octanol–water partition coefficient (Wildman–Crippen LogP) is 3.46. The minimum atomic E-state index is -0.437. The van der Waals surface area contributed by atoms with Gasteiger partial charge in [-0.3, -0.25) is 4.79 Å². The summed E-state index contributed by atoms with van der Waals surface area (Å²) in [6.07, 6.45) is 2.08. The number of ketones is 1. The molecule has 0 fully saturated rings. The highest BCUT2D eigenvalue weighted by atomic mass is 32.1. The molecule has 0 aliphatic heterocycles. The van der Waals surface area contributed by atoms with Gasteiger partial charge in [0.1, 0.15) is 6.54 Å². The molecule has 0 N–H and O–H groups in total. The lowest BCUT2D eigenvalue weighted by Crippen LogP contribution is -2.26. The molecule has 2 heterocycles. The van der Waals surface area contributed by atoms with Crippen LogP contribution in [-0.4, -0.2) is 26.5 Å². The fraction of sp³-hybridized carbons (Fsp3) is 0.0909. The number of carbonyl (C=O) groups excluding carboxylic acids is 1. The van der Waals surface area contributed by atoms with E-state index in [-0.39, 0.29) is 12.3 Å². The molecule has 0 spiro atoms. The third-order valence-electron chi connectivity index (χ3n) is 4.31. The van der Waals surface area contributed by atoms with Crippen LogP contribution in [0, 0.1) is 0 Å². The van der Waals surface area contributed by atoms with Gasteiger partial charge < -0.3 is 0 Å². The summed E-state index contributed by atoms with van der Waals surface area (Å²) < 4.78 is 2.45. The molecule has 7 heteroatoms. The number of thiophene rings is 1. The maximum atomic E-state index is 12.9. The molecule has 2 aromatic carbocycles. The molecule has 29 heavy (non-hydrogen) atoms. The summed E-state index contributed by atoms with van der Waals surface area (Å²) in [6, 6.07) is 22.3. The van der Waals surface area contributed by atoms with Crippen LogP contribution in [0.1, 0.15) is 26.6 Å².